The zero-order valence-electron chi connectivity index (χ0n) is 38.9. The molecule has 0 radical (unpaired) electrons. The molecule has 5 unspecified atom stereocenters. The predicted octanol–water partition coefficient (Wildman–Crippen LogP) is 9.50. The van der Waals surface area contributed by atoms with Crippen molar-refractivity contribution in [1.82, 2.24) is 10.3 Å². The van der Waals surface area contributed by atoms with E-state index in [0.717, 1.165) is 5.56 Å². The summed E-state index contributed by atoms with van der Waals surface area (Å²) in [6.07, 6.45) is -7.33. The molecule has 64 heavy (non-hydrogen) atoms. The van der Waals surface area contributed by atoms with Gasteiger partial charge in [0.25, 0.3) is 0 Å². The van der Waals surface area contributed by atoms with Crippen LogP contribution in [0.25, 0.3) is 10.9 Å². The second kappa shape index (κ2) is 22.2. The third-order valence-corrected chi connectivity index (χ3v) is 10.7. The molecule has 328 valence electrons. The average Bonchev–Trinajstić information content (AvgIpc) is 3.74. The number of fused-ring (bicyclic) bond motifs is 1. The van der Waals surface area contributed by atoms with E-state index in [1.54, 1.807) is 127 Å². The van der Waals surface area contributed by atoms with E-state index in [4.69, 9.17) is 29.8 Å². The second-order valence-electron chi connectivity index (χ2n) is 15.2. The number of benzene rings is 6. The number of nitrogens with one attached hydrogen (secondary N) is 2. The molecule has 11 heteroatoms. The van der Waals surface area contributed by atoms with Crippen molar-refractivity contribution >= 4 is 23.0 Å². The van der Waals surface area contributed by atoms with Gasteiger partial charge in [0.1, 0.15) is 43.2 Å². The largest absolute Gasteiger partial charge is 0.480 e. The summed E-state index contributed by atoms with van der Waals surface area (Å²) in [5, 5.41) is 13.8. The summed E-state index contributed by atoms with van der Waals surface area (Å²) < 4.78 is 76.1. The number of H-pyrrole nitrogens is 1. The number of aliphatic carboxylic acids is 1. The lowest BCUT2D eigenvalue weighted by atomic mass is 9.89. The minimum atomic E-state index is -1.49. The molecule has 1 fully saturated rings. The van der Waals surface area contributed by atoms with E-state index in [0.29, 0.717) is 44.4 Å². The minimum Gasteiger partial charge on any atom is -0.480 e. The van der Waals surface area contributed by atoms with Crippen molar-refractivity contribution in [2.24, 2.45) is 0 Å². The summed E-state index contributed by atoms with van der Waals surface area (Å²) in [5.41, 5.74) is 4.23. The zero-order chi connectivity index (χ0) is 47.4. The van der Waals surface area contributed by atoms with Crippen LogP contribution < -0.4 is 5.32 Å². The third kappa shape index (κ3) is 11.7. The Morgan fingerprint density at radius 2 is 1.08 bits per heavy atom. The van der Waals surface area contributed by atoms with E-state index >= 15 is 0 Å². The first kappa shape index (κ1) is 39.0. The molecule has 1 aliphatic heterocycles. The van der Waals surface area contributed by atoms with Gasteiger partial charge in [-0.3, -0.25) is 0 Å². The lowest BCUT2D eigenvalue weighted by molar-refractivity contribution is -0.275. The number of rotatable bonds is 20. The van der Waals surface area contributed by atoms with Gasteiger partial charge in [-0.2, -0.15) is 0 Å². The lowest BCUT2D eigenvalue weighted by Gasteiger charge is -2.46. The van der Waals surface area contributed by atoms with Crippen LogP contribution in [0.15, 0.2) is 176 Å². The number of aromatic nitrogens is 1. The summed E-state index contributed by atoms with van der Waals surface area (Å²) in [5.74, 6) is -1.32. The molecule has 0 bridgehead atoms. The van der Waals surface area contributed by atoms with Crippen molar-refractivity contribution in [1.29, 1.82) is 0 Å². The highest BCUT2D eigenvalue weighted by Crippen LogP contribution is 2.41. The van der Waals surface area contributed by atoms with Crippen molar-refractivity contribution in [3.05, 3.63) is 215 Å². The van der Waals surface area contributed by atoms with Crippen LogP contribution in [-0.2, 0) is 72.6 Å². The van der Waals surface area contributed by atoms with Crippen LogP contribution in [0.5, 0.6) is 0 Å². The highest BCUT2D eigenvalue weighted by atomic mass is 16.6. The molecule has 1 aromatic heterocycles. The van der Waals surface area contributed by atoms with Gasteiger partial charge >= 0.3 is 12.1 Å². The van der Waals surface area contributed by atoms with E-state index in [-0.39, 0.29) is 19.6 Å². The fraction of sp³-hybridized carbons (Fsp3) is 0.245. The van der Waals surface area contributed by atoms with Crippen LogP contribution in [0, 0.1) is 0 Å². The number of hydrogen-bond acceptors (Lipinski definition) is 8. The quantitative estimate of drug-likeness (QED) is 0.0685. The van der Waals surface area contributed by atoms with Crippen LogP contribution in [0.2, 0.25) is 0 Å². The fourth-order valence-corrected chi connectivity index (χ4v) is 7.58. The lowest BCUT2D eigenvalue weighted by Crippen LogP contribution is -2.58. The Labute approximate surface area is 378 Å². The molecule has 8 rings (SSSR count). The number of carbonyl (C=O) groups is 2. The van der Waals surface area contributed by atoms with E-state index in [1.165, 1.54) is 0 Å². The average molecular weight is 865 g/mol. The first-order valence-corrected chi connectivity index (χ1v) is 21.0. The first-order valence-electron chi connectivity index (χ1n) is 23.4. The van der Waals surface area contributed by atoms with E-state index < -0.39 is 75.0 Å². The van der Waals surface area contributed by atoms with Gasteiger partial charge in [-0.05, 0) is 39.4 Å². The van der Waals surface area contributed by atoms with Crippen LogP contribution in [0.3, 0.4) is 0 Å². The minimum absolute atomic E-state index is 0.0804. The van der Waals surface area contributed by atoms with Gasteiger partial charge in [0.2, 0.25) is 0 Å². The van der Waals surface area contributed by atoms with Gasteiger partial charge < -0.3 is 43.8 Å². The fourth-order valence-electron chi connectivity index (χ4n) is 7.58. The number of hydrogen-bond donors (Lipinski definition) is 3. The van der Waals surface area contributed by atoms with E-state index in [2.05, 4.69) is 10.3 Å². The Bertz CT molecular complexity index is 2670. The Kier molecular flexibility index (Phi) is 13.5. The Morgan fingerprint density at radius 3 is 1.62 bits per heavy atom. The summed E-state index contributed by atoms with van der Waals surface area (Å²) in [6.45, 7) is -5.49. The van der Waals surface area contributed by atoms with E-state index in [9.17, 15) is 18.8 Å². The number of carboxylic acid groups (broad SMARTS) is 1. The molecule has 2 heterocycles. The number of para-hydroxylation sites is 1. The molecule has 10 atom stereocenters. The highest BCUT2D eigenvalue weighted by molar-refractivity contribution is 5.87. The Morgan fingerprint density at radius 1 is 0.609 bits per heavy atom. The third-order valence-electron chi connectivity index (χ3n) is 10.7. The molecule has 11 nitrogen and oxygen atoms in total. The van der Waals surface area contributed by atoms with Crippen molar-refractivity contribution in [3.63, 3.8) is 0 Å². The predicted molar refractivity (Wildman–Crippen MR) is 242 cm³/mol. The normalized spacial score (nSPS) is 21.8. The molecular weight excluding hydrogens is 809 g/mol. The number of amides is 1. The molecule has 3 N–H and O–H groups in total. The van der Waals surface area contributed by atoms with Crippen molar-refractivity contribution < 1.29 is 48.6 Å². The van der Waals surface area contributed by atoms with Crippen LogP contribution in [0.4, 0.5) is 4.79 Å². The summed E-state index contributed by atoms with van der Waals surface area (Å²) in [6, 6.07) is 50.4. The molecule has 0 aliphatic carbocycles. The van der Waals surface area contributed by atoms with Gasteiger partial charge in [0.05, 0.1) is 44.1 Å². The van der Waals surface area contributed by atoms with Crippen LogP contribution >= 0.6 is 0 Å². The van der Waals surface area contributed by atoms with E-state index in [1.807, 2.05) is 48.5 Å². The highest BCUT2D eigenvalue weighted by Gasteiger charge is 2.50. The summed E-state index contributed by atoms with van der Waals surface area (Å²) in [4.78, 5) is 29.7. The van der Waals surface area contributed by atoms with Gasteiger partial charge in [-0.25, -0.2) is 9.59 Å². The molecule has 6 aromatic carbocycles. The van der Waals surface area contributed by atoms with Crippen molar-refractivity contribution in [2.75, 3.05) is 6.61 Å². The smallest absolute Gasteiger partial charge is 0.408 e. The van der Waals surface area contributed by atoms with Gasteiger partial charge in [0.15, 0.2) is 0 Å². The maximum absolute atomic E-state index is 13.2. The van der Waals surface area contributed by atoms with Crippen molar-refractivity contribution in [2.45, 2.75) is 75.9 Å². The number of ether oxygens (including phenoxy) is 6. The number of alkyl carbamates (subject to hydrolysis) is 1. The maximum Gasteiger partial charge on any atom is 0.408 e. The van der Waals surface area contributed by atoms with Crippen molar-refractivity contribution in [3.8, 4) is 0 Å². The number of aromatic amines is 1. The SMILES string of the molecule is [2H]C(OC[C@H]1OC(c2[nH]c3ccccc3c2C[C@@H](NC(=O)OCc2ccccc2)C(=O)O)[C@@H](OC([2H])c2ccccc2)[C@@H](OC([2H])c2ccccc2)[C@@H]1OC([2H])c1ccccc1)c1ccccc1. The monoisotopic (exact) mass is 864 g/mol. The Hall–Kier alpha value is -6.60. The molecule has 1 amide bonds. The molecule has 7 aromatic rings. The molecule has 0 spiro atoms. The maximum atomic E-state index is 13.2. The van der Waals surface area contributed by atoms with Crippen LogP contribution in [-0.4, -0.2) is 59.2 Å². The first-order chi connectivity index (χ1) is 33.1. The standard InChI is InChI=1S/C53H52N2O9/c56-52(57)45(55-53(58)63-35-41-26-14-5-15-27-41)30-43-42-28-16-17-29-44(42)54-47(43)49-51(62-34-40-24-12-4-13-25-40)50(61-33-39-22-10-3-11-23-39)48(60-32-38-20-8-2-9-21-38)46(64-49)36-59-31-37-18-6-1-7-19-37/h1-29,45-46,48-51,54H,30-36H2,(H,55,58)(H,56,57)/t45-,46-,48-,49?,50+,51-/m1/s1/i31D,32D,33D,34D/t31?,32?,33?,34?,45-,46-,48-,49?,50+,51-. The molecule has 0 saturated carbocycles. The molecule has 1 aliphatic rings. The van der Waals surface area contributed by atoms with Gasteiger partial charge in [0, 0.05) is 17.3 Å². The molecule has 1 saturated heterocycles. The van der Waals surface area contributed by atoms with Gasteiger partial charge in [-0.15, -0.1) is 0 Å². The zero-order valence-corrected chi connectivity index (χ0v) is 34.9. The topological polar surface area (TPSA) is 138 Å². The Balaban J connectivity index is 1.24. The second-order valence-corrected chi connectivity index (χ2v) is 15.2. The van der Waals surface area contributed by atoms with Crippen LogP contribution in [0.1, 0.15) is 50.7 Å². The number of carbonyl (C=O) groups excluding carboxylic acids is 1. The summed E-state index contributed by atoms with van der Waals surface area (Å²) in [7, 11) is 0. The van der Waals surface area contributed by atoms with Gasteiger partial charge in [-0.1, -0.05) is 170 Å². The summed E-state index contributed by atoms with van der Waals surface area (Å²) >= 11 is 0. The molecular formula is C53H52N2O9. The number of carboxylic acids is 1.